The molecule has 28 heavy (non-hydrogen) atoms. The lowest BCUT2D eigenvalue weighted by Crippen LogP contribution is -2.65. The Kier molecular flexibility index (Phi) is 9.25. The van der Waals surface area contributed by atoms with Crippen molar-refractivity contribution in [2.24, 2.45) is 11.8 Å². The van der Waals surface area contributed by atoms with Crippen molar-refractivity contribution in [3.63, 3.8) is 0 Å². The van der Waals surface area contributed by atoms with E-state index in [1.807, 2.05) is 20.8 Å². The van der Waals surface area contributed by atoms with Crippen molar-refractivity contribution in [3.05, 3.63) is 0 Å². The van der Waals surface area contributed by atoms with Crippen LogP contribution in [0.4, 0.5) is 0 Å². The number of carbonyl (C=O) groups excluding carboxylic acids is 1. The second-order valence-corrected chi connectivity index (χ2v) is 7.93. The molecule has 0 aromatic heterocycles. The van der Waals surface area contributed by atoms with Gasteiger partial charge in [0.05, 0.1) is 19.2 Å². The zero-order chi connectivity index (χ0) is 21.6. The summed E-state index contributed by atoms with van der Waals surface area (Å²) >= 11 is 0. The summed E-state index contributed by atoms with van der Waals surface area (Å²) in [5, 5.41) is 54.4. The van der Waals surface area contributed by atoms with Crippen molar-refractivity contribution >= 4 is 11.9 Å². The van der Waals surface area contributed by atoms with Crippen LogP contribution in [0, 0.1) is 11.8 Å². The second-order valence-electron chi connectivity index (χ2n) is 7.93. The van der Waals surface area contributed by atoms with Crippen LogP contribution in [0.2, 0.25) is 0 Å². The molecule has 0 aliphatic carbocycles. The molecule has 10 heteroatoms. The van der Waals surface area contributed by atoms with Crippen molar-refractivity contribution in [1.82, 2.24) is 10.6 Å². The number of carbonyl (C=O) groups is 2. The molecule has 1 heterocycles. The summed E-state index contributed by atoms with van der Waals surface area (Å²) < 4.78 is 5.08. The van der Waals surface area contributed by atoms with E-state index >= 15 is 0 Å². The highest BCUT2D eigenvalue weighted by Crippen LogP contribution is 2.23. The van der Waals surface area contributed by atoms with Crippen molar-refractivity contribution in [2.75, 3.05) is 13.2 Å². The molecule has 0 aromatic rings. The number of aliphatic hydroxyl groups excluding tert-OH is 3. The Morgan fingerprint density at radius 2 is 1.82 bits per heavy atom. The Balaban J connectivity index is 2.85. The van der Waals surface area contributed by atoms with E-state index in [0.29, 0.717) is 12.8 Å². The Labute approximate surface area is 164 Å². The minimum absolute atomic E-state index is 0.0781. The van der Waals surface area contributed by atoms with Crippen LogP contribution in [-0.2, 0) is 14.3 Å². The highest BCUT2D eigenvalue weighted by atomic mass is 16.6. The molecule has 1 saturated heterocycles. The molecule has 0 radical (unpaired) electrons. The molecule has 1 aliphatic rings. The van der Waals surface area contributed by atoms with Crippen molar-refractivity contribution < 1.29 is 39.9 Å². The molecule has 164 valence electrons. The van der Waals surface area contributed by atoms with E-state index in [1.165, 1.54) is 0 Å². The molecular weight excluding hydrogens is 372 g/mol. The fourth-order valence-electron chi connectivity index (χ4n) is 3.01. The molecule has 7 unspecified atom stereocenters. The lowest BCUT2D eigenvalue weighted by Gasteiger charge is -2.42. The number of carboxylic acid groups (broad SMARTS) is 1. The monoisotopic (exact) mass is 406 g/mol. The van der Waals surface area contributed by atoms with Gasteiger partial charge in [-0.2, -0.15) is 0 Å². The fourth-order valence-corrected chi connectivity index (χ4v) is 3.01. The van der Waals surface area contributed by atoms with E-state index in [0.717, 1.165) is 0 Å². The molecule has 1 amide bonds. The van der Waals surface area contributed by atoms with E-state index in [1.54, 1.807) is 6.92 Å². The minimum atomic E-state index is -2.20. The third-order valence-corrected chi connectivity index (χ3v) is 5.09. The summed E-state index contributed by atoms with van der Waals surface area (Å²) in [4.78, 5) is 24.1. The molecule has 10 nitrogen and oxygen atoms in total. The predicted molar refractivity (Wildman–Crippen MR) is 99.2 cm³/mol. The van der Waals surface area contributed by atoms with Gasteiger partial charge in [-0.3, -0.25) is 4.79 Å². The Morgan fingerprint density at radius 3 is 2.32 bits per heavy atom. The number of aliphatic carboxylic acids is 1. The average molecular weight is 406 g/mol. The number of rotatable bonds is 10. The number of hydrogen-bond donors (Lipinski definition) is 7. The first-order chi connectivity index (χ1) is 12.9. The van der Waals surface area contributed by atoms with Gasteiger partial charge in [0, 0.05) is 0 Å². The Bertz CT molecular complexity index is 532. The maximum atomic E-state index is 12.7. The topological polar surface area (TPSA) is 169 Å². The summed E-state index contributed by atoms with van der Waals surface area (Å²) in [5.41, 5.74) is 0. The van der Waals surface area contributed by atoms with Crippen molar-refractivity contribution in [1.29, 1.82) is 0 Å². The number of ether oxygens (including phenoxy) is 1. The molecular formula is C18H34N2O8. The van der Waals surface area contributed by atoms with E-state index in [9.17, 15) is 35.1 Å². The summed E-state index contributed by atoms with van der Waals surface area (Å²) in [6, 6.07) is -1.90. The zero-order valence-electron chi connectivity index (χ0n) is 16.8. The highest BCUT2D eigenvalue weighted by Gasteiger charge is 2.48. The van der Waals surface area contributed by atoms with Gasteiger partial charge in [-0.05, 0) is 18.3 Å². The lowest BCUT2D eigenvalue weighted by atomic mass is 9.95. The van der Waals surface area contributed by atoms with Gasteiger partial charge >= 0.3 is 5.97 Å². The SMILES string of the molecule is CCC(C)C(NC(=O)C(CC(C)C)NCC1(O)OCC(O)C(O)C1O)C(=O)O. The van der Waals surface area contributed by atoms with Crippen LogP contribution in [0.5, 0.6) is 0 Å². The maximum absolute atomic E-state index is 12.7. The largest absolute Gasteiger partial charge is 0.480 e. The number of nitrogens with one attached hydrogen (secondary N) is 2. The van der Waals surface area contributed by atoms with Crippen LogP contribution in [0.15, 0.2) is 0 Å². The van der Waals surface area contributed by atoms with Crippen molar-refractivity contribution in [3.8, 4) is 0 Å². The standard InChI is InChI=1S/C18H34N2O8/c1-5-10(4)13(17(25)26)20-16(24)11(6-9(2)3)19-8-18(27)15(23)14(22)12(21)7-28-18/h9-15,19,21-23,27H,5-8H2,1-4H3,(H,20,24)(H,25,26). The normalized spacial score (nSPS) is 31.2. The van der Waals surface area contributed by atoms with Crippen LogP contribution in [-0.4, -0.2) is 86.7 Å². The van der Waals surface area contributed by atoms with Crippen LogP contribution in [0.25, 0.3) is 0 Å². The molecule has 1 aliphatic heterocycles. The second kappa shape index (κ2) is 10.5. The Hall–Kier alpha value is -1.30. The smallest absolute Gasteiger partial charge is 0.326 e. The van der Waals surface area contributed by atoms with Gasteiger partial charge in [-0.25, -0.2) is 4.79 Å². The van der Waals surface area contributed by atoms with Gasteiger partial charge in [0.25, 0.3) is 0 Å². The summed E-state index contributed by atoms with van der Waals surface area (Å²) in [6.45, 7) is 6.54. The van der Waals surface area contributed by atoms with Crippen LogP contribution >= 0.6 is 0 Å². The first-order valence-corrected chi connectivity index (χ1v) is 9.60. The van der Waals surface area contributed by atoms with Gasteiger partial charge in [-0.1, -0.05) is 34.1 Å². The molecule has 7 N–H and O–H groups in total. The fraction of sp³-hybridized carbons (Fsp3) is 0.889. The minimum Gasteiger partial charge on any atom is -0.480 e. The molecule has 0 bridgehead atoms. The summed E-state index contributed by atoms with van der Waals surface area (Å²) in [6.07, 6.45) is -3.80. The van der Waals surface area contributed by atoms with Crippen LogP contribution in [0.1, 0.15) is 40.5 Å². The van der Waals surface area contributed by atoms with E-state index < -0.39 is 54.6 Å². The molecule has 1 fully saturated rings. The first kappa shape index (κ1) is 24.7. The summed E-state index contributed by atoms with van der Waals surface area (Å²) in [5.74, 6) is -4.07. The van der Waals surface area contributed by atoms with Gasteiger partial charge in [0.2, 0.25) is 11.7 Å². The average Bonchev–Trinajstić information content (AvgIpc) is 2.63. The number of carboxylic acids is 1. The number of amides is 1. The van der Waals surface area contributed by atoms with Gasteiger partial charge < -0.3 is 40.9 Å². The molecule has 1 rings (SSSR count). The third kappa shape index (κ3) is 6.36. The summed E-state index contributed by atoms with van der Waals surface area (Å²) in [7, 11) is 0. The Morgan fingerprint density at radius 1 is 1.21 bits per heavy atom. The lowest BCUT2D eigenvalue weighted by molar-refractivity contribution is -0.318. The van der Waals surface area contributed by atoms with Crippen LogP contribution in [0.3, 0.4) is 0 Å². The van der Waals surface area contributed by atoms with Gasteiger partial charge in [0.15, 0.2) is 0 Å². The van der Waals surface area contributed by atoms with E-state index in [2.05, 4.69) is 10.6 Å². The van der Waals surface area contributed by atoms with Crippen LogP contribution < -0.4 is 10.6 Å². The maximum Gasteiger partial charge on any atom is 0.326 e. The van der Waals surface area contributed by atoms with Gasteiger partial charge in [0.1, 0.15) is 24.4 Å². The predicted octanol–water partition coefficient (Wildman–Crippen LogP) is -1.59. The van der Waals surface area contributed by atoms with Gasteiger partial charge in [-0.15, -0.1) is 0 Å². The number of aliphatic hydroxyl groups is 4. The van der Waals surface area contributed by atoms with E-state index in [-0.39, 0.29) is 18.4 Å². The quantitative estimate of drug-likeness (QED) is 0.226. The molecule has 0 spiro atoms. The molecule has 0 saturated carbocycles. The molecule has 0 aromatic carbocycles. The third-order valence-electron chi connectivity index (χ3n) is 5.09. The highest BCUT2D eigenvalue weighted by molar-refractivity contribution is 5.87. The zero-order valence-corrected chi connectivity index (χ0v) is 16.8. The molecule has 7 atom stereocenters. The number of hydrogen-bond acceptors (Lipinski definition) is 8. The van der Waals surface area contributed by atoms with E-state index in [4.69, 9.17) is 4.74 Å². The first-order valence-electron chi connectivity index (χ1n) is 9.60. The van der Waals surface area contributed by atoms with Crippen molar-refractivity contribution in [2.45, 2.75) is 76.7 Å².